The molecule has 0 radical (unpaired) electrons. The van der Waals surface area contributed by atoms with Crippen LogP contribution >= 0.6 is 23.2 Å². The van der Waals surface area contributed by atoms with Crippen molar-refractivity contribution in [1.29, 1.82) is 0 Å². The van der Waals surface area contributed by atoms with Crippen molar-refractivity contribution in [1.82, 2.24) is 10.2 Å². The van der Waals surface area contributed by atoms with E-state index in [4.69, 9.17) is 23.2 Å². The Kier molecular flexibility index (Phi) is 10.7. The normalized spacial score (nSPS) is 14.7. The molecule has 2 amide bonds. The molecular weight excluding hydrogens is 581 g/mol. The summed E-state index contributed by atoms with van der Waals surface area (Å²) < 4.78 is 28.8. The van der Waals surface area contributed by atoms with Crippen LogP contribution in [-0.4, -0.2) is 43.8 Å². The summed E-state index contributed by atoms with van der Waals surface area (Å²) in [6.45, 7) is 1.47. The Labute approximate surface area is 252 Å². The molecule has 1 atom stereocenters. The maximum Gasteiger partial charge on any atom is 0.264 e. The quantitative estimate of drug-likeness (QED) is 0.269. The largest absolute Gasteiger partial charge is 0.352 e. The highest BCUT2D eigenvalue weighted by atomic mass is 35.5. The summed E-state index contributed by atoms with van der Waals surface area (Å²) in [6, 6.07) is 21.0. The van der Waals surface area contributed by atoms with E-state index in [-0.39, 0.29) is 39.1 Å². The molecule has 0 aliphatic heterocycles. The Balaban J connectivity index is 1.70. The minimum absolute atomic E-state index is 0.0237. The fourth-order valence-corrected chi connectivity index (χ4v) is 6.85. The highest BCUT2D eigenvalue weighted by molar-refractivity contribution is 7.92. The van der Waals surface area contributed by atoms with Gasteiger partial charge in [-0.25, -0.2) is 8.42 Å². The van der Waals surface area contributed by atoms with Gasteiger partial charge in [-0.05, 0) is 55.2 Å². The van der Waals surface area contributed by atoms with Gasteiger partial charge in [0, 0.05) is 12.6 Å². The zero-order chi connectivity index (χ0) is 29.4. The first-order valence-electron chi connectivity index (χ1n) is 13.9. The zero-order valence-corrected chi connectivity index (χ0v) is 25.3. The SMILES string of the molecule is CCC(C(=O)NC1CCCCC1)N(Cc1ccccc1)C(=O)CN(c1ccc(Cl)c(Cl)c1)S(=O)(=O)c1ccccc1. The molecule has 10 heteroatoms. The number of nitrogens with zero attached hydrogens (tertiary/aromatic N) is 2. The topological polar surface area (TPSA) is 86.8 Å². The Bertz CT molecular complexity index is 1430. The third-order valence-electron chi connectivity index (χ3n) is 7.33. The summed E-state index contributed by atoms with van der Waals surface area (Å²) in [7, 11) is -4.18. The molecule has 218 valence electrons. The molecule has 0 bridgehead atoms. The van der Waals surface area contributed by atoms with Crippen LogP contribution in [0.15, 0.2) is 83.8 Å². The minimum atomic E-state index is -4.18. The summed E-state index contributed by atoms with van der Waals surface area (Å²) in [5.41, 5.74) is 1.02. The van der Waals surface area contributed by atoms with Crippen molar-refractivity contribution >= 4 is 50.7 Å². The Morgan fingerprint density at radius 3 is 2.15 bits per heavy atom. The van der Waals surface area contributed by atoms with Gasteiger partial charge in [0.15, 0.2) is 0 Å². The number of amides is 2. The van der Waals surface area contributed by atoms with E-state index in [1.54, 1.807) is 18.2 Å². The highest BCUT2D eigenvalue weighted by Crippen LogP contribution is 2.31. The van der Waals surface area contributed by atoms with Crippen molar-refractivity contribution in [3.63, 3.8) is 0 Å². The molecular formula is C31H35Cl2N3O4S. The maximum absolute atomic E-state index is 14.1. The molecule has 1 fully saturated rings. The van der Waals surface area contributed by atoms with E-state index in [2.05, 4.69) is 5.32 Å². The molecule has 1 saturated carbocycles. The van der Waals surface area contributed by atoms with Gasteiger partial charge in [0.25, 0.3) is 10.0 Å². The first-order chi connectivity index (χ1) is 19.7. The molecule has 3 aromatic rings. The first-order valence-corrected chi connectivity index (χ1v) is 16.1. The predicted molar refractivity (Wildman–Crippen MR) is 164 cm³/mol. The lowest BCUT2D eigenvalue weighted by molar-refractivity contribution is -0.140. The highest BCUT2D eigenvalue weighted by Gasteiger charge is 2.34. The number of rotatable bonds is 11. The van der Waals surface area contributed by atoms with Crippen LogP contribution in [0.2, 0.25) is 10.0 Å². The second-order valence-electron chi connectivity index (χ2n) is 10.2. The zero-order valence-electron chi connectivity index (χ0n) is 23.0. The number of carbonyl (C=O) groups is 2. The standard InChI is InChI=1S/C31H35Cl2N3O4S/c1-2-29(31(38)34-24-14-8-4-9-15-24)35(21-23-12-6-3-7-13-23)30(37)22-36(25-18-19-27(32)28(33)20-25)41(39,40)26-16-10-5-11-17-26/h3,5-7,10-13,16-20,24,29H,2,4,8-9,14-15,21-22H2,1H3,(H,34,38). The van der Waals surface area contributed by atoms with Gasteiger partial charge in [-0.15, -0.1) is 0 Å². The van der Waals surface area contributed by atoms with Crippen molar-refractivity contribution in [2.75, 3.05) is 10.8 Å². The van der Waals surface area contributed by atoms with Gasteiger partial charge < -0.3 is 10.2 Å². The number of halogens is 2. The van der Waals surface area contributed by atoms with E-state index in [0.29, 0.717) is 6.42 Å². The van der Waals surface area contributed by atoms with Gasteiger partial charge in [0.05, 0.1) is 20.6 Å². The van der Waals surface area contributed by atoms with Crippen LogP contribution in [0, 0.1) is 0 Å². The molecule has 7 nitrogen and oxygen atoms in total. The molecule has 4 rings (SSSR count). The van der Waals surface area contributed by atoms with Crippen molar-refractivity contribution in [3.8, 4) is 0 Å². The Morgan fingerprint density at radius 1 is 0.902 bits per heavy atom. The van der Waals surface area contributed by atoms with Crippen molar-refractivity contribution < 1.29 is 18.0 Å². The molecule has 0 saturated heterocycles. The second-order valence-corrected chi connectivity index (χ2v) is 12.9. The van der Waals surface area contributed by atoms with E-state index in [1.165, 1.54) is 35.2 Å². The lowest BCUT2D eigenvalue weighted by atomic mass is 9.95. The van der Waals surface area contributed by atoms with E-state index >= 15 is 0 Å². The maximum atomic E-state index is 14.1. The number of anilines is 1. The van der Waals surface area contributed by atoms with Crippen molar-refractivity contribution in [2.45, 2.75) is 69.0 Å². The second kappa shape index (κ2) is 14.2. The smallest absolute Gasteiger partial charge is 0.264 e. The molecule has 41 heavy (non-hydrogen) atoms. The average Bonchev–Trinajstić information content (AvgIpc) is 2.98. The summed E-state index contributed by atoms with van der Waals surface area (Å²) in [5, 5.41) is 3.56. The molecule has 0 spiro atoms. The average molecular weight is 617 g/mol. The van der Waals surface area contributed by atoms with Crippen LogP contribution in [0.1, 0.15) is 51.0 Å². The van der Waals surface area contributed by atoms with Gasteiger partial charge in [-0.2, -0.15) is 0 Å². The molecule has 0 heterocycles. The Morgan fingerprint density at radius 2 is 1.54 bits per heavy atom. The number of carbonyl (C=O) groups excluding carboxylic acids is 2. The fourth-order valence-electron chi connectivity index (χ4n) is 5.13. The lowest BCUT2D eigenvalue weighted by Gasteiger charge is -2.34. The van der Waals surface area contributed by atoms with E-state index in [1.807, 2.05) is 37.3 Å². The summed E-state index contributed by atoms with van der Waals surface area (Å²) >= 11 is 12.4. The van der Waals surface area contributed by atoms with Crippen LogP contribution in [0.4, 0.5) is 5.69 Å². The summed E-state index contributed by atoms with van der Waals surface area (Å²) in [4.78, 5) is 29.2. The predicted octanol–water partition coefficient (Wildman–Crippen LogP) is 6.45. The number of hydrogen-bond donors (Lipinski definition) is 1. The third kappa shape index (κ3) is 7.82. The first kappa shape index (κ1) is 30.9. The number of nitrogens with one attached hydrogen (secondary N) is 1. The van der Waals surface area contributed by atoms with Crippen LogP contribution in [0.5, 0.6) is 0 Å². The molecule has 1 aliphatic rings. The van der Waals surface area contributed by atoms with Crippen LogP contribution < -0.4 is 9.62 Å². The molecule has 1 unspecified atom stereocenters. The third-order valence-corrected chi connectivity index (χ3v) is 9.86. The molecule has 1 aliphatic carbocycles. The number of hydrogen-bond acceptors (Lipinski definition) is 4. The molecule has 0 aromatic heterocycles. The Hall–Kier alpha value is -3.07. The molecule has 3 aromatic carbocycles. The van der Waals surface area contributed by atoms with Crippen LogP contribution in [0.25, 0.3) is 0 Å². The number of sulfonamides is 1. The van der Waals surface area contributed by atoms with Crippen LogP contribution in [-0.2, 0) is 26.2 Å². The minimum Gasteiger partial charge on any atom is -0.352 e. The van der Waals surface area contributed by atoms with E-state index < -0.39 is 28.5 Å². The van der Waals surface area contributed by atoms with Crippen LogP contribution in [0.3, 0.4) is 0 Å². The summed E-state index contributed by atoms with van der Waals surface area (Å²) in [6.07, 6.45) is 5.47. The van der Waals surface area contributed by atoms with E-state index in [9.17, 15) is 18.0 Å². The van der Waals surface area contributed by atoms with Gasteiger partial charge >= 0.3 is 0 Å². The lowest BCUT2D eigenvalue weighted by Crippen LogP contribution is -2.54. The monoisotopic (exact) mass is 615 g/mol. The van der Waals surface area contributed by atoms with Gasteiger partial charge in [-0.1, -0.05) is 97.9 Å². The van der Waals surface area contributed by atoms with Crippen molar-refractivity contribution in [3.05, 3.63) is 94.5 Å². The van der Waals surface area contributed by atoms with Gasteiger partial charge in [0.2, 0.25) is 11.8 Å². The molecule has 1 N–H and O–H groups in total. The van der Waals surface area contributed by atoms with Gasteiger partial charge in [-0.3, -0.25) is 13.9 Å². The van der Waals surface area contributed by atoms with Crippen molar-refractivity contribution in [2.24, 2.45) is 0 Å². The number of benzene rings is 3. The van der Waals surface area contributed by atoms with Gasteiger partial charge in [0.1, 0.15) is 12.6 Å². The summed E-state index contributed by atoms with van der Waals surface area (Å²) in [5.74, 6) is -0.735. The fraction of sp³-hybridized carbons (Fsp3) is 0.355. The van der Waals surface area contributed by atoms with E-state index in [0.717, 1.165) is 42.0 Å².